The van der Waals surface area contributed by atoms with Gasteiger partial charge in [0.2, 0.25) is 0 Å². The summed E-state index contributed by atoms with van der Waals surface area (Å²) in [7, 11) is 3.12. The summed E-state index contributed by atoms with van der Waals surface area (Å²) in [5.41, 5.74) is 2.16. The Balaban J connectivity index is 2.51. The number of anilines is 3. The summed E-state index contributed by atoms with van der Waals surface area (Å²) in [6, 6.07) is 12.4. The molecule has 1 unspecified atom stereocenters. The van der Waals surface area contributed by atoms with Crippen molar-refractivity contribution in [2.75, 3.05) is 37.1 Å². The lowest BCUT2D eigenvalue weighted by Crippen LogP contribution is -2.10. The van der Waals surface area contributed by atoms with Gasteiger partial charge >= 0.3 is 13.3 Å². The smallest absolute Gasteiger partial charge is 0.388 e. The van der Waals surface area contributed by atoms with Crippen molar-refractivity contribution in [3.05, 3.63) is 48.0 Å². The minimum Gasteiger partial charge on any atom is -0.388 e. The van der Waals surface area contributed by atoms with Gasteiger partial charge in [-0.25, -0.2) is 4.79 Å². The first kappa shape index (κ1) is 16.0. The van der Waals surface area contributed by atoms with Crippen LogP contribution in [0.3, 0.4) is 0 Å². The molecule has 0 amide bonds. The van der Waals surface area contributed by atoms with E-state index in [2.05, 4.69) is 16.0 Å². The van der Waals surface area contributed by atoms with Crippen molar-refractivity contribution in [1.29, 1.82) is 0 Å². The van der Waals surface area contributed by atoms with Gasteiger partial charge in [0.05, 0.1) is 11.4 Å². The van der Waals surface area contributed by atoms with Crippen molar-refractivity contribution < 1.29 is 9.36 Å². The molecule has 1 atom stereocenters. The highest BCUT2D eigenvalue weighted by Crippen LogP contribution is 2.36. The minimum absolute atomic E-state index is 0.391. The van der Waals surface area contributed by atoms with Crippen molar-refractivity contribution in [1.82, 2.24) is 0 Å². The van der Waals surface area contributed by atoms with E-state index < -0.39 is 13.3 Å². The molecule has 6 heteroatoms. The molecular formula is C16H19N3O2P+. The second kappa shape index (κ2) is 7.05. The zero-order valence-corrected chi connectivity index (χ0v) is 13.7. The largest absolute Gasteiger partial charge is 0.458 e. The van der Waals surface area contributed by atoms with Gasteiger partial charge in [-0.3, -0.25) is 0 Å². The summed E-state index contributed by atoms with van der Waals surface area (Å²) < 4.78 is 12.6. The van der Waals surface area contributed by atoms with Gasteiger partial charge in [0.15, 0.2) is 5.30 Å². The Labute approximate surface area is 130 Å². The van der Waals surface area contributed by atoms with Crippen molar-refractivity contribution in [3.8, 4) is 0 Å². The van der Waals surface area contributed by atoms with Crippen LogP contribution in [0.1, 0.15) is 10.4 Å². The van der Waals surface area contributed by atoms with E-state index in [4.69, 9.17) is 0 Å². The first-order chi connectivity index (χ1) is 10.6. The number of hydrogen-bond acceptors (Lipinski definition) is 5. The third-order valence-electron chi connectivity index (χ3n) is 3.35. The van der Waals surface area contributed by atoms with E-state index in [1.165, 1.54) is 0 Å². The van der Waals surface area contributed by atoms with Gasteiger partial charge in [-0.2, -0.15) is 0 Å². The van der Waals surface area contributed by atoms with Crippen LogP contribution in [0.4, 0.5) is 17.1 Å². The first-order valence-corrected chi connectivity index (χ1v) is 8.16. The zero-order chi connectivity index (χ0) is 16.1. The second-order valence-corrected chi connectivity index (χ2v) is 6.14. The van der Waals surface area contributed by atoms with Crippen LogP contribution in [0.5, 0.6) is 0 Å². The molecule has 2 rings (SSSR count). The Morgan fingerprint density at radius 3 is 1.91 bits per heavy atom. The molecule has 0 aliphatic rings. The molecule has 5 nitrogen and oxygen atoms in total. The van der Waals surface area contributed by atoms with Crippen LogP contribution in [0.15, 0.2) is 42.5 Å². The van der Waals surface area contributed by atoms with Gasteiger partial charge in [-0.05, 0) is 24.3 Å². The third kappa shape index (κ3) is 3.10. The zero-order valence-electron chi connectivity index (χ0n) is 12.8. The van der Waals surface area contributed by atoms with Gasteiger partial charge < -0.3 is 16.0 Å². The summed E-state index contributed by atoms with van der Waals surface area (Å²) in [6.45, 7) is 0. The predicted octanol–water partition coefficient (Wildman–Crippen LogP) is 3.10. The molecule has 2 aromatic carbocycles. The number of hydrogen-bond donors (Lipinski definition) is 3. The van der Waals surface area contributed by atoms with Gasteiger partial charge in [0.25, 0.3) is 0 Å². The van der Waals surface area contributed by atoms with Crippen molar-refractivity contribution in [2.45, 2.75) is 0 Å². The summed E-state index contributed by atoms with van der Waals surface area (Å²) in [5.74, 6) is 0. The van der Waals surface area contributed by atoms with Crippen molar-refractivity contribution in [2.24, 2.45) is 0 Å². The Bertz CT molecular complexity index is 677. The molecule has 0 heterocycles. The quantitative estimate of drug-likeness (QED) is 0.714. The average molecular weight is 316 g/mol. The highest BCUT2D eigenvalue weighted by atomic mass is 31.1. The van der Waals surface area contributed by atoms with E-state index in [-0.39, 0.29) is 0 Å². The van der Waals surface area contributed by atoms with E-state index >= 15 is 0 Å². The molecule has 0 bridgehead atoms. The van der Waals surface area contributed by atoms with E-state index in [1.807, 2.05) is 18.2 Å². The molecule has 0 aliphatic carbocycles. The molecule has 0 aromatic heterocycles. The fourth-order valence-electron chi connectivity index (χ4n) is 2.19. The van der Waals surface area contributed by atoms with E-state index in [0.717, 1.165) is 5.69 Å². The average Bonchev–Trinajstić information content (AvgIpc) is 2.59. The lowest BCUT2D eigenvalue weighted by molar-refractivity contribution is 0.108. The Hall–Kier alpha value is -2.39. The molecule has 0 fully saturated rings. The molecule has 3 N–H and O–H groups in total. The van der Waals surface area contributed by atoms with Crippen LogP contribution >= 0.6 is 7.80 Å². The third-order valence-corrected chi connectivity index (χ3v) is 4.71. The van der Waals surface area contributed by atoms with Crippen molar-refractivity contribution in [3.63, 3.8) is 0 Å². The summed E-state index contributed by atoms with van der Waals surface area (Å²) in [4.78, 5) is 12.7. The fraction of sp³-hybridized carbons (Fsp3) is 0.188. The molecule has 0 spiro atoms. The molecule has 0 saturated heterocycles. The van der Waals surface area contributed by atoms with Crippen LogP contribution in [0.25, 0.3) is 0 Å². The van der Waals surface area contributed by atoms with Gasteiger partial charge in [-0.15, -0.1) is 0 Å². The van der Waals surface area contributed by atoms with E-state index in [0.29, 0.717) is 22.2 Å². The van der Waals surface area contributed by atoms with Crippen LogP contribution < -0.4 is 21.3 Å². The molecule has 114 valence electrons. The van der Waals surface area contributed by atoms with Crippen LogP contribution in [0.2, 0.25) is 0 Å². The molecule has 2 aromatic rings. The lowest BCUT2D eigenvalue weighted by atomic mass is 10.1. The maximum absolute atomic E-state index is 12.7. The Morgan fingerprint density at radius 1 is 0.909 bits per heavy atom. The van der Waals surface area contributed by atoms with Gasteiger partial charge in [-0.1, -0.05) is 22.8 Å². The van der Waals surface area contributed by atoms with Crippen LogP contribution in [0, 0.1) is 0 Å². The number of carbonyl (C=O) groups excluding carboxylic acids is 1. The number of carbonyl (C=O) groups is 1. The number of nitrogens with one attached hydrogen (secondary N) is 3. The molecular weight excluding hydrogens is 297 g/mol. The predicted molar refractivity (Wildman–Crippen MR) is 93.1 cm³/mol. The standard InChI is InChI=1S/C16H18N3O2P/c1-17-11-9-13(18-2)15(14(10-11)19-3)16(20)22(21)12-7-5-4-6-8-12/h4-10H,1-3H3,(H2-,17,18,19,20)/p+1. The van der Waals surface area contributed by atoms with Crippen LogP contribution in [-0.4, -0.2) is 26.7 Å². The Kier molecular flexibility index (Phi) is 5.12. The first-order valence-electron chi connectivity index (χ1n) is 6.90. The maximum Gasteiger partial charge on any atom is 0.458 e. The van der Waals surface area contributed by atoms with Crippen LogP contribution in [-0.2, 0) is 4.57 Å². The number of benzene rings is 2. The summed E-state index contributed by atoms with van der Waals surface area (Å²) in [6.07, 6.45) is 0. The van der Waals surface area contributed by atoms with Gasteiger partial charge in [0.1, 0.15) is 5.56 Å². The van der Waals surface area contributed by atoms with E-state index in [1.54, 1.807) is 45.4 Å². The maximum atomic E-state index is 12.7. The minimum atomic E-state index is -2.16. The molecule has 22 heavy (non-hydrogen) atoms. The highest BCUT2D eigenvalue weighted by Gasteiger charge is 2.36. The summed E-state index contributed by atoms with van der Waals surface area (Å²) in [5, 5.41) is 9.58. The highest BCUT2D eigenvalue weighted by molar-refractivity contribution is 7.71. The monoisotopic (exact) mass is 316 g/mol. The van der Waals surface area contributed by atoms with Crippen molar-refractivity contribution >= 4 is 35.7 Å². The molecule has 0 aliphatic heterocycles. The lowest BCUT2D eigenvalue weighted by Gasteiger charge is -2.13. The van der Waals surface area contributed by atoms with E-state index in [9.17, 15) is 9.36 Å². The van der Waals surface area contributed by atoms with Gasteiger partial charge in [0, 0.05) is 26.8 Å². The summed E-state index contributed by atoms with van der Waals surface area (Å²) >= 11 is 0. The second-order valence-electron chi connectivity index (χ2n) is 4.63. The molecule has 0 radical (unpaired) electrons. The fourth-order valence-corrected chi connectivity index (χ4v) is 3.31. The Morgan fingerprint density at radius 2 is 1.45 bits per heavy atom. The topological polar surface area (TPSA) is 70.2 Å². The SMILES string of the molecule is CNc1cc(NC)c(C(=O)[P+](=O)c2ccccc2)c(NC)c1. The molecule has 0 saturated carbocycles. The normalized spacial score (nSPS) is 10.8. The number of rotatable bonds is 6.